The lowest BCUT2D eigenvalue weighted by Crippen LogP contribution is -2.48. The van der Waals surface area contributed by atoms with Gasteiger partial charge in [-0.2, -0.15) is 0 Å². The fourth-order valence-corrected chi connectivity index (χ4v) is 3.26. The number of hydrogen-bond donors (Lipinski definition) is 3. The normalized spacial score (nSPS) is 14.4. The van der Waals surface area contributed by atoms with Gasteiger partial charge in [-0.25, -0.2) is 4.79 Å². The van der Waals surface area contributed by atoms with Crippen LogP contribution in [0.1, 0.15) is 38.3 Å². The van der Waals surface area contributed by atoms with Crippen molar-refractivity contribution in [3.05, 3.63) is 71.8 Å². The minimum Gasteiger partial charge on any atom is -0.444 e. The van der Waals surface area contributed by atoms with Gasteiger partial charge in [0, 0.05) is 5.92 Å². The zero-order valence-electron chi connectivity index (χ0n) is 17.9. The van der Waals surface area contributed by atoms with Crippen LogP contribution in [0.25, 0.3) is 0 Å². The fourth-order valence-electron chi connectivity index (χ4n) is 3.26. The third-order valence-corrected chi connectivity index (χ3v) is 4.72. The molecule has 0 spiro atoms. The van der Waals surface area contributed by atoms with E-state index in [1.807, 2.05) is 60.7 Å². The van der Waals surface area contributed by atoms with Crippen LogP contribution in [0.5, 0.6) is 0 Å². The first-order valence-electron chi connectivity index (χ1n) is 10.2. The quantitative estimate of drug-likeness (QED) is 0.588. The number of alkyl carbamates (subject to hydrolysis) is 1. The molecule has 2 amide bonds. The molecule has 0 radical (unpaired) electrons. The summed E-state index contributed by atoms with van der Waals surface area (Å²) in [5.74, 6) is -1.03. The molecule has 0 saturated carbocycles. The second-order valence-corrected chi connectivity index (χ2v) is 8.53. The first-order valence-corrected chi connectivity index (χ1v) is 10.2. The van der Waals surface area contributed by atoms with Crippen LogP contribution in [0.4, 0.5) is 4.79 Å². The van der Waals surface area contributed by atoms with E-state index in [4.69, 9.17) is 10.5 Å². The Hall–Kier alpha value is -2.86. The SMILES string of the molecule is CC(C)(C)OC(=O)N[C@@H](Cc1ccccc1)[C@@H](O)C[C@@H](Cc1ccccc1)C(N)=O. The van der Waals surface area contributed by atoms with Crippen molar-refractivity contribution in [2.75, 3.05) is 0 Å². The average molecular weight is 413 g/mol. The van der Waals surface area contributed by atoms with Crippen molar-refractivity contribution in [1.82, 2.24) is 5.32 Å². The number of primary amides is 1. The van der Waals surface area contributed by atoms with Crippen LogP contribution in [-0.2, 0) is 22.4 Å². The molecule has 162 valence electrons. The number of rotatable bonds is 9. The number of ether oxygens (including phenoxy) is 1. The number of aliphatic hydroxyl groups is 1. The number of carbonyl (C=O) groups excluding carboxylic acids is 2. The monoisotopic (exact) mass is 412 g/mol. The lowest BCUT2D eigenvalue weighted by Gasteiger charge is -2.28. The smallest absolute Gasteiger partial charge is 0.407 e. The summed E-state index contributed by atoms with van der Waals surface area (Å²) in [4.78, 5) is 24.4. The highest BCUT2D eigenvalue weighted by Crippen LogP contribution is 2.18. The Kier molecular flexibility index (Phi) is 8.42. The second kappa shape index (κ2) is 10.8. The van der Waals surface area contributed by atoms with Gasteiger partial charge in [-0.3, -0.25) is 4.79 Å². The third kappa shape index (κ3) is 8.25. The van der Waals surface area contributed by atoms with Gasteiger partial charge in [0.25, 0.3) is 0 Å². The Balaban J connectivity index is 2.13. The molecule has 0 aliphatic heterocycles. The highest BCUT2D eigenvalue weighted by atomic mass is 16.6. The maximum atomic E-state index is 12.3. The van der Waals surface area contributed by atoms with Crippen molar-refractivity contribution >= 4 is 12.0 Å². The molecule has 3 atom stereocenters. The van der Waals surface area contributed by atoms with E-state index in [1.54, 1.807) is 20.8 Å². The molecular formula is C24H32N2O4. The standard InChI is InChI=1S/C24H32N2O4/c1-24(2,3)30-23(29)26-20(15-18-12-8-5-9-13-18)21(27)16-19(22(25)28)14-17-10-6-4-7-11-17/h4-13,19-21,27H,14-16H2,1-3H3,(H2,25,28)(H,26,29)/t19-,20+,21+/m1/s1. The van der Waals surface area contributed by atoms with Gasteiger partial charge in [0.2, 0.25) is 5.91 Å². The van der Waals surface area contributed by atoms with Crippen LogP contribution >= 0.6 is 0 Å². The zero-order valence-corrected chi connectivity index (χ0v) is 17.9. The van der Waals surface area contributed by atoms with Crippen molar-refractivity contribution in [2.45, 2.75) is 57.8 Å². The number of amides is 2. The van der Waals surface area contributed by atoms with E-state index < -0.39 is 35.7 Å². The molecule has 30 heavy (non-hydrogen) atoms. The minimum atomic E-state index is -0.973. The van der Waals surface area contributed by atoms with Crippen LogP contribution in [-0.4, -0.2) is 34.9 Å². The van der Waals surface area contributed by atoms with E-state index >= 15 is 0 Å². The molecule has 0 saturated heterocycles. The van der Waals surface area contributed by atoms with Crippen molar-refractivity contribution < 1.29 is 19.4 Å². The number of benzene rings is 2. The van der Waals surface area contributed by atoms with Crippen LogP contribution in [0.15, 0.2) is 60.7 Å². The number of aliphatic hydroxyl groups excluding tert-OH is 1. The molecule has 0 bridgehead atoms. The molecule has 0 unspecified atom stereocenters. The van der Waals surface area contributed by atoms with Crippen LogP contribution in [0, 0.1) is 5.92 Å². The lowest BCUT2D eigenvalue weighted by atomic mass is 9.89. The number of carbonyl (C=O) groups is 2. The van der Waals surface area contributed by atoms with E-state index in [0.29, 0.717) is 12.8 Å². The Morgan fingerprint density at radius 1 is 0.967 bits per heavy atom. The Morgan fingerprint density at radius 3 is 1.93 bits per heavy atom. The van der Waals surface area contributed by atoms with Crippen molar-refractivity contribution in [3.8, 4) is 0 Å². The molecule has 2 rings (SSSR count). The van der Waals surface area contributed by atoms with Gasteiger partial charge < -0.3 is 20.9 Å². The molecule has 0 fully saturated rings. The summed E-state index contributed by atoms with van der Waals surface area (Å²) in [5.41, 5.74) is 6.87. The van der Waals surface area contributed by atoms with Crippen molar-refractivity contribution in [2.24, 2.45) is 11.7 Å². The fraction of sp³-hybridized carbons (Fsp3) is 0.417. The van der Waals surface area contributed by atoms with E-state index in [0.717, 1.165) is 11.1 Å². The Labute approximate surface area is 178 Å². The van der Waals surface area contributed by atoms with Gasteiger partial charge >= 0.3 is 6.09 Å². The van der Waals surface area contributed by atoms with Crippen LogP contribution in [0.2, 0.25) is 0 Å². The summed E-state index contributed by atoms with van der Waals surface area (Å²) >= 11 is 0. The first kappa shape index (κ1) is 23.4. The number of hydrogen-bond acceptors (Lipinski definition) is 4. The first-order chi connectivity index (χ1) is 14.1. The van der Waals surface area contributed by atoms with Crippen LogP contribution in [0.3, 0.4) is 0 Å². The molecular weight excluding hydrogens is 380 g/mol. The maximum Gasteiger partial charge on any atom is 0.407 e. The molecule has 0 aliphatic carbocycles. The Bertz CT molecular complexity index is 803. The van der Waals surface area contributed by atoms with Crippen molar-refractivity contribution in [1.29, 1.82) is 0 Å². The molecule has 4 N–H and O–H groups in total. The molecule has 6 heteroatoms. The molecule has 2 aromatic rings. The topological polar surface area (TPSA) is 102 Å². The highest BCUT2D eigenvalue weighted by Gasteiger charge is 2.29. The predicted molar refractivity (Wildman–Crippen MR) is 117 cm³/mol. The summed E-state index contributed by atoms with van der Waals surface area (Å²) in [6.07, 6.45) is -0.618. The molecule has 0 aliphatic rings. The molecule has 0 heterocycles. The van der Waals surface area contributed by atoms with E-state index in [9.17, 15) is 14.7 Å². The lowest BCUT2D eigenvalue weighted by molar-refractivity contribution is -0.122. The maximum absolute atomic E-state index is 12.3. The van der Waals surface area contributed by atoms with Gasteiger partial charge in [0.15, 0.2) is 0 Å². The molecule has 2 aromatic carbocycles. The van der Waals surface area contributed by atoms with Crippen molar-refractivity contribution in [3.63, 3.8) is 0 Å². The zero-order chi connectivity index (χ0) is 22.1. The minimum absolute atomic E-state index is 0.136. The Morgan fingerprint density at radius 2 is 1.47 bits per heavy atom. The average Bonchev–Trinajstić information content (AvgIpc) is 2.67. The molecule has 0 aromatic heterocycles. The van der Waals surface area contributed by atoms with Gasteiger partial charge in [-0.1, -0.05) is 60.7 Å². The largest absolute Gasteiger partial charge is 0.444 e. The van der Waals surface area contributed by atoms with Gasteiger partial charge in [0.05, 0.1) is 12.1 Å². The van der Waals surface area contributed by atoms with E-state index in [2.05, 4.69) is 5.32 Å². The summed E-state index contributed by atoms with van der Waals surface area (Å²) in [6.45, 7) is 5.33. The van der Waals surface area contributed by atoms with E-state index in [1.165, 1.54) is 0 Å². The number of nitrogens with one attached hydrogen (secondary N) is 1. The van der Waals surface area contributed by atoms with E-state index in [-0.39, 0.29) is 6.42 Å². The number of nitrogens with two attached hydrogens (primary N) is 1. The second-order valence-electron chi connectivity index (χ2n) is 8.53. The van der Waals surface area contributed by atoms with Crippen LogP contribution < -0.4 is 11.1 Å². The van der Waals surface area contributed by atoms with Gasteiger partial charge in [0.1, 0.15) is 5.60 Å². The summed E-state index contributed by atoms with van der Waals surface area (Å²) in [5, 5.41) is 13.7. The highest BCUT2D eigenvalue weighted by molar-refractivity contribution is 5.77. The van der Waals surface area contributed by atoms with Gasteiger partial charge in [-0.05, 0) is 51.2 Å². The third-order valence-electron chi connectivity index (χ3n) is 4.72. The summed E-state index contributed by atoms with van der Waals surface area (Å²) in [7, 11) is 0. The summed E-state index contributed by atoms with van der Waals surface area (Å²) in [6, 6.07) is 18.4. The van der Waals surface area contributed by atoms with Gasteiger partial charge in [-0.15, -0.1) is 0 Å². The predicted octanol–water partition coefficient (Wildman–Crippen LogP) is 3.22. The summed E-state index contributed by atoms with van der Waals surface area (Å²) < 4.78 is 5.35. The molecule has 6 nitrogen and oxygen atoms in total.